The minimum atomic E-state index is -0.0273. The van der Waals surface area contributed by atoms with Gasteiger partial charge in [-0.25, -0.2) is 5.43 Å². The monoisotopic (exact) mass is 333 g/mol. The number of hydrogen-bond donors (Lipinski definition) is 2. The molecule has 3 N–H and O–H groups in total. The van der Waals surface area contributed by atoms with E-state index < -0.39 is 0 Å². The van der Waals surface area contributed by atoms with Crippen LogP contribution in [-0.2, 0) is 0 Å². The van der Waals surface area contributed by atoms with Gasteiger partial charge in [-0.05, 0) is 44.4 Å². The summed E-state index contributed by atoms with van der Waals surface area (Å²) in [5.41, 5.74) is 4.07. The highest BCUT2D eigenvalue weighted by Crippen LogP contribution is 2.35. The van der Waals surface area contributed by atoms with Crippen molar-refractivity contribution in [3.63, 3.8) is 0 Å². The third-order valence-corrected chi connectivity index (χ3v) is 5.03. The van der Waals surface area contributed by atoms with Gasteiger partial charge in [0, 0.05) is 27.1 Å². The van der Waals surface area contributed by atoms with Crippen LogP contribution in [0.1, 0.15) is 16.5 Å². The zero-order chi connectivity index (χ0) is 13.2. The van der Waals surface area contributed by atoms with Gasteiger partial charge in [0.15, 0.2) is 0 Å². The fraction of sp³-hybridized carbons (Fsp3) is 0.0714. The minimum Gasteiger partial charge on any atom is -0.271 e. The Morgan fingerprint density at radius 2 is 2.16 bits per heavy atom. The molecule has 0 spiro atoms. The maximum absolute atomic E-state index is 5.78. The van der Waals surface area contributed by atoms with Gasteiger partial charge in [-0.15, -0.1) is 11.3 Å². The molecule has 0 bridgehead atoms. The van der Waals surface area contributed by atoms with Gasteiger partial charge in [-0.2, -0.15) is 0 Å². The summed E-state index contributed by atoms with van der Waals surface area (Å²) in [6, 6.07) is 10.2. The van der Waals surface area contributed by atoms with Gasteiger partial charge in [0.1, 0.15) is 0 Å². The molecule has 1 unspecified atom stereocenters. The number of pyridine rings is 1. The predicted octanol–water partition coefficient (Wildman–Crippen LogP) is 3.61. The Hall–Kier alpha value is -1.27. The van der Waals surface area contributed by atoms with Gasteiger partial charge < -0.3 is 0 Å². The lowest BCUT2D eigenvalue weighted by Crippen LogP contribution is -2.28. The summed E-state index contributed by atoms with van der Waals surface area (Å²) in [6.07, 6.45) is 3.68. The summed E-state index contributed by atoms with van der Waals surface area (Å²) in [6.45, 7) is 0. The summed E-state index contributed by atoms with van der Waals surface area (Å²) in [4.78, 5) is 5.33. The third kappa shape index (κ3) is 2.30. The fourth-order valence-electron chi connectivity index (χ4n) is 2.22. The Kier molecular flexibility index (Phi) is 3.61. The van der Waals surface area contributed by atoms with Crippen molar-refractivity contribution < 1.29 is 0 Å². The van der Waals surface area contributed by atoms with Crippen molar-refractivity contribution in [1.29, 1.82) is 0 Å². The molecule has 0 aliphatic rings. The molecule has 1 aromatic carbocycles. The normalized spacial score (nSPS) is 12.7. The van der Waals surface area contributed by atoms with E-state index >= 15 is 0 Å². The Morgan fingerprint density at radius 3 is 2.89 bits per heavy atom. The van der Waals surface area contributed by atoms with Crippen LogP contribution in [0.3, 0.4) is 0 Å². The van der Waals surface area contributed by atoms with Crippen LogP contribution in [0.4, 0.5) is 0 Å². The zero-order valence-electron chi connectivity index (χ0n) is 10.0. The minimum absolute atomic E-state index is 0.0273. The van der Waals surface area contributed by atoms with E-state index in [0.717, 1.165) is 15.4 Å². The first kappa shape index (κ1) is 12.7. The molecule has 2 aromatic heterocycles. The molecule has 3 nitrogen and oxygen atoms in total. The highest BCUT2D eigenvalue weighted by molar-refractivity contribution is 9.10. The van der Waals surface area contributed by atoms with Crippen molar-refractivity contribution in [3.8, 4) is 0 Å². The van der Waals surface area contributed by atoms with E-state index in [0.29, 0.717) is 0 Å². The maximum atomic E-state index is 5.78. The van der Waals surface area contributed by atoms with E-state index in [1.807, 2.05) is 30.6 Å². The summed E-state index contributed by atoms with van der Waals surface area (Å²) in [5.74, 6) is 5.78. The second-order valence-electron chi connectivity index (χ2n) is 4.18. The Morgan fingerprint density at radius 1 is 1.26 bits per heavy atom. The fourth-order valence-corrected chi connectivity index (χ4v) is 3.90. The summed E-state index contributed by atoms with van der Waals surface area (Å²) in [5, 5.41) is 4.34. The molecule has 3 rings (SSSR count). The lowest BCUT2D eigenvalue weighted by molar-refractivity contribution is 0.649. The van der Waals surface area contributed by atoms with Crippen molar-refractivity contribution in [2.45, 2.75) is 6.04 Å². The van der Waals surface area contributed by atoms with Crippen molar-refractivity contribution in [3.05, 3.63) is 63.0 Å². The molecular weight excluding hydrogens is 322 g/mol. The van der Waals surface area contributed by atoms with Gasteiger partial charge in [-0.1, -0.05) is 18.2 Å². The number of hydrazine groups is 1. The molecule has 0 saturated heterocycles. The van der Waals surface area contributed by atoms with Crippen LogP contribution in [0.2, 0.25) is 0 Å². The van der Waals surface area contributed by atoms with Crippen molar-refractivity contribution in [2.75, 3.05) is 0 Å². The number of thiophene rings is 1. The standard InChI is InChI=1S/C14H12BrN3S/c15-12-5-7-19-14(12)13(18-16)11-3-1-2-9-8-17-6-4-10(9)11/h1-8,13,18H,16H2. The highest BCUT2D eigenvalue weighted by atomic mass is 79.9. The van der Waals surface area contributed by atoms with Gasteiger partial charge in [0.2, 0.25) is 0 Å². The smallest absolute Gasteiger partial charge is 0.0819 e. The number of halogens is 1. The number of hydrogen-bond acceptors (Lipinski definition) is 4. The lowest BCUT2D eigenvalue weighted by atomic mass is 9.99. The molecule has 0 radical (unpaired) electrons. The first-order valence-corrected chi connectivity index (χ1v) is 7.50. The Balaban J connectivity index is 2.20. The number of rotatable bonds is 3. The average Bonchev–Trinajstić information content (AvgIpc) is 2.86. The molecule has 0 saturated carbocycles. The Bertz CT molecular complexity index is 705. The highest BCUT2D eigenvalue weighted by Gasteiger charge is 2.18. The van der Waals surface area contributed by atoms with Crippen LogP contribution in [0, 0.1) is 0 Å². The van der Waals surface area contributed by atoms with Crippen LogP contribution in [0.5, 0.6) is 0 Å². The zero-order valence-corrected chi connectivity index (χ0v) is 12.4. The topological polar surface area (TPSA) is 50.9 Å². The molecule has 0 fully saturated rings. The van der Waals surface area contributed by atoms with Crippen molar-refractivity contribution >= 4 is 38.0 Å². The van der Waals surface area contributed by atoms with Crippen molar-refractivity contribution in [2.24, 2.45) is 5.84 Å². The van der Waals surface area contributed by atoms with Crippen molar-refractivity contribution in [1.82, 2.24) is 10.4 Å². The van der Waals surface area contributed by atoms with E-state index in [-0.39, 0.29) is 6.04 Å². The van der Waals surface area contributed by atoms with Crippen LogP contribution in [0.15, 0.2) is 52.6 Å². The molecule has 0 aliphatic heterocycles. The van der Waals surface area contributed by atoms with Gasteiger partial charge in [0.25, 0.3) is 0 Å². The molecular formula is C14H12BrN3S. The van der Waals surface area contributed by atoms with E-state index in [1.165, 1.54) is 10.3 Å². The van der Waals surface area contributed by atoms with Gasteiger partial charge in [0.05, 0.1) is 6.04 Å². The third-order valence-electron chi connectivity index (χ3n) is 3.10. The summed E-state index contributed by atoms with van der Waals surface area (Å²) >= 11 is 5.25. The van der Waals surface area contributed by atoms with Crippen LogP contribution in [-0.4, -0.2) is 4.98 Å². The number of nitrogens with two attached hydrogens (primary N) is 1. The summed E-state index contributed by atoms with van der Waals surface area (Å²) in [7, 11) is 0. The van der Waals surface area contributed by atoms with Crippen LogP contribution in [0.25, 0.3) is 10.8 Å². The molecule has 96 valence electrons. The van der Waals surface area contributed by atoms with Gasteiger partial charge >= 0.3 is 0 Å². The Labute approximate surface area is 123 Å². The number of fused-ring (bicyclic) bond motifs is 1. The van der Waals surface area contributed by atoms with Crippen LogP contribution < -0.4 is 11.3 Å². The molecule has 1 atom stereocenters. The quantitative estimate of drug-likeness (QED) is 0.568. The molecule has 0 aliphatic carbocycles. The molecule has 19 heavy (non-hydrogen) atoms. The van der Waals surface area contributed by atoms with E-state index in [4.69, 9.17) is 5.84 Å². The lowest BCUT2D eigenvalue weighted by Gasteiger charge is -2.17. The van der Waals surface area contributed by atoms with Crippen LogP contribution >= 0.6 is 27.3 Å². The summed E-state index contributed by atoms with van der Waals surface area (Å²) < 4.78 is 1.08. The number of nitrogens with zero attached hydrogens (tertiary/aromatic N) is 1. The molecule has 2 heterocycles. The van der Waals surface area contributed by atoms with Gasteiger partial charge in [-0.3, -0.25) is 10.8 Å². The van der Waals surface area contributed by atoms with E-state index in [9.17, 15) is 0 Å². The first-order valence-electron chi connectivity index (χ1n) is 5.83. The number of nitrogens with one attached hydrogen (secondary N) is 1. The molecule has 3 aromatic rings. The first-order chi connectivity index (χ1) is 9.31. The van der Waals surface area contributed by atoms with E-state index in [1.54, 1.807) is 11.3 Å². The largest absolute Gasteiger partial charge is 0.271 e. The second kappa shape index (κ2) is 5.38. The predicted molar refractivity (Wildman–Crippen MR) is 82.9 cm³/mol. The molecule has 5 heteroatoms. The second-order valence-corrected chi connectivity index (χ2v) is 5.98. The number of aromatic nitrogens is 1. The maximum Gasteiger partial charge on any atom is 0.0819 e. The number of benzene rings is 1. The SMILES string of the molecule is NNC(c1sccc1Br)c1cccc2cnccc12. The average molecular weight is 334 g/mol. The molecule has 0 amide bonds. The van der Waals surface area contributed by atoms with E-state index in [2.05, 4.69) is 43.9 Å².